The standard InChI is InChI=1S/C18H22F3NO4/c1-26-12-17(16(24)25)8-2-10-22(11-17)15(23)14-5-3-13(4-6-14)7-9-18(19,20)21/h3-6H,2,7-12H2,1H3,(H,24,25). The van der Waals surface area contributed by atoms with Gasteiger partial charge in [-0.25, -0.2) is 0 Å². The fourth-order valence-corrected chi connectivity index (χ4v) is 3.22. The van der Waals surface area contributed by atoms with E-state index < -0.39 is 24.0 Å². The summed E-state index contributed by atoms with van der Waals surface area (Å²) in [7, 11) is 1.42. The van der Waals surface area contributed by atoms with Crippen LogP contribution in [0.25, 0.3) is 0 Å². The van der Waals surface area contributed by atoms with Crippen molar-refractivity contribution in [3.63, 3.8) is 0 Å². The lowest BCUT2D eigenvalue weighted by Gasteiger charge is -2.39. The minimum absolute atomic E-state index is 0.0164. The summed E-state index contributed by atoms with van der Waals surface area (Å²) in [4.78, 5) is 25.8. The first kappa shape index (κ1) is 20.2. The minimum Gasteiger partial charge on any atom is -0.481 e. The molecule has 8 heteroatoms. The molecule has 1 N–H and O–H groups in total. The van der Waals surface area contributed by atoms with Gasteiger partial charge in [0.2, 0.25) is 0 Å². The van der Waals surface area contributed by atoms with Crippen molar-refractivity contribution >= 4 is 11.9 Å². The van der Waals surface area contributed by atoms with E-state index in [2.05, 4.69) is 0 Å². The van der Waals surface area contributed by atoms with Crippen LogP contribution >= 0.6 is 0 Å². The van der Waals surface area contributed by atoms with Crippen molar-refractivity contribution in [2.75, 3.05) is 26.8 Å². The van der Waals surface area contributed by atoms with Crippen molar-refractivity contribution in [1.82, 2.24) is 4.90 Å². The van der Waals surface area contributed by atoms with Gasteiger partial charge in [0.05, 0.1) is 6.61 Å². The Morgan fingerprint density at radius 1 is 1.27 bits per heavy atom. The molecule has 26 heavy (non-hydrogen) atoms. The molecule has 0 bridgehead atoms. The molecule has 0 radical (unpaired) electrons. The molecule has 0 aromatic heterocycles. The molecule has 1 atom stereocenters. The molecule has 1 unspecified atom stereocenters. The molecule has 1 aromatic carbocycles. The van der Waals surface area contributed by atoms with Gasteiger partial charge < -0.3 is 14.7 Å². The topological polar surface area (TPSA) is 66.8 Å². The molecule has 5 nitrogen and oxygen atoms in total. The van der Waals surface area contributed by atoms with E-state index in [-0.39, 0.29) is 25.5 Å². The van der Waals surface area contributed by atoms with Gasteiger partial charge in [0.25, 0.3) is 5.91 Å². The lowest BCUT2D eigenvalue weighted by atomic mass is 9.80. The highest BCUT2D eigenvalue weighted by Crippen LogP contribution is 2.31. The van der Waals surface area contributed by atoms with Gasteiger partial charge in [0.15, 0.2) is 0 Å². The van der Waals surface area contributed by atoms with Crippen molar-refractivity contribution in [1.29, 1.82) is 0 Å². The number of carbonyl (C=O) groups excluding carboxylic acids is 1. The number of likely N-dealkylation sites (tertiary alicyclic amines) is 1. The Kier molecular flexibility index (Phi) is 6.28. The Hall–Kier alpha value is -2.09. The summed E-state index contributed by atoms with van der Waals surface area (Å²) in [5, 5.41) is 9.54. The number of halogens is 3. The van der Waals surface area contributed by atoms with Crippen LogP contribution in [-0.4, -0.2) is 54.9 Å². The Morgan fingerprint density at radius 2 is 1.92 bits per heavy atom. The van der Waals surface area contributed by atoms with E-state index in [4.69, 9.17) is 4.74 Å². The summed E-state index contributed by atoms with van der Waals surface area (Å²) >= 11 is 0. The zero-order valence-electron chi connectivity index (χ0n) is 14.5. The minimum atomic E-state index is -4.22. The maximum absolute atomic E-state index is 12.7. The van der Waals surface area contributed by atoms with Crippen LogP contribution in [0.1, 0.15) is 35.2 Å². The number of hydrogen-bond donors (Lipinski definition) is 1. The van der Waals surface area contributed by atoms with Crippen molar-refractivity contribution < 1.29 is 32.6 Å². The Balaban J connectivity index is 2.07. The van der Waals surface area contributed by atoms with Gasteiger partial charge in [-0.05, 0) is 37.0 Å². The second-order valence-electron chi connectivity index (χ2n) is 6.66. The van der Waals surface area contributed by atoms with E-state index >= 15 is 0 Å². The highest BCUT2D eigenvalue weighted by atomic mass is 19.4. The Labute approximate surface area is 149 Å². The highest BCUT2D eigenvalue weighted by Gasteiger charge is 2.44. The number of carboxylic acid groups (broad SMARTS) is 1. The van der Waals surface area contributed by atoms with E-state index in [1.165, 1.54) is 36.3 Å². The number of aryl methyl sites for hydroxylation is 1. The van der Waals surface area contributed by atoms with Gasteiger partial charge in [-0.3, -0.25) is 9.59 Å². The third-order valence-corrected chi connectivity index (χ3v) is 4.64. The fraction of sp³-hybridized carbons (Fsp3) is 0.556. The first-order valence-electron chi connectivity index (χ1n) is 8.34. The lowest BCUT2D eigenvalue weighted by Crippen LogP contribution is -2.52. The average Bonchev–Trinajstić information content (AvgIpc) is 2.59. The van der Waals surface area contributed by atoms with Gasteiger partial charge in [-0.15, -0.1) is 0 Å². The van der Waals surface area contributed by atoms with Crippen LogP contribution in [0, 0.1) is 5.41 Å². The van der Waals surface area contributed by atoms with Crippen molar-refractivity contribution in [2.45, 2.75) is 31.9 Å². The van der Waals surface area contributed by atoms with Crippen molar-refractivity contribution in [2.24, 2.45) is 5.41 Å². The van der Waals surface area contributed by atoms with Crippen molar-refractivity contribution in [3.05, 3.63) is 35.4 Å². The number of ether oxygens (including phenoxy) is 1. The van der Waals surface area contributed by atoms with Gasteiger partial charge >= 0.3 is 12.1 Å². The summed E-state index contributed by atoms with van der Waals surface area (Å²) in [5.74, 6) is -1.33. The molecule has 2 rings (SSSR count). The molecule has 0 spiro atoms. The number of carboxylic acids is 1. The number of carbonyl (C=O) groups is 2. The number of alkyl halides is 3. The van der Waals surface area contributed by atoms with E-state index in [1.807, 2.05) is 0 Å². The fourth-order valence-electron chi connectivity index (χ4n) is 3.22. The van der Waals surface area contributed by atoms with Crippen LogP contribution < -0.4 is 0 Å². The number of hydrogen-bond acceptors (Lipinski definition) is 3. The van der Waals surface area contributed by atoms with Gasteiger partial charge in [-0.2, -0.15) is 13.2 Å². The number of piperidine rings is 1. The Bertz CT molecular complexity index is 641. The number of methoxy groups -OCH3 is 1. The van der Waals surface area contributed by atoms with E-state index in [0.717, 1.165) is 0 Å². The summed E-state index contributed by atoms with van der Waals surface area (Å²) in [5.41, 5.74) is -0.300. The van der Waals surface area contributed by atoms with Crippen LogP contribution in [0.5, 0.6) is 0 Å². The normalized spacial score (nSPS) is 20.8. The molecule has 1 aliphatic rings. The number of nitrogens with zero attached hydrogens (tertiary/aromatic N) is 1. The smallest absolute Gasteiger partial charge is 0.389 e. The molecule has 1 heterocycles. The lowest BCUT2D eigenvalue weighted by molar-refractivity contribution is -0.155. The van der Waals surface area contributed by atoms with Crippen LogP contribution in [0.3, 0.4) is 0 Å². The Morgan fingerprint density at radius 3 is 2.46 bits per heavy atom. The summed E-state index contributed by atoms with van der Waals surface area (Å²) < 4.78 is 41.9. The van der Waals surface area contributed by atoms with Gasteiger partial charge in [0.1, 0.15) is 5.41 Å². The quantitative estimate of drug-likeness (QED) is 0.832. The molecular weight excluding hydrogens is 351 g/mol. The highest BCUT2D eigenvalue weighted by molar-refractivity contribution is 5.94. The van der Waals surface area contributed by atoms with Crippen LogP contribution in [-0.2, 0) is 16.0 Å². The molecule has 0 aliphatic carbocycles. The molecular formula is C18H22F3NO4. The molecule has 1 amide bonds. The molecule has 1 aliphatic heterocycles. The second kappa shape index (κ2) is 8.07. The molecule has 0 saturated carbocycles. The summed E-state index contributed by atoms with van der Waals surface area (Å²) in [6.45, 7) is 0.501. The third-order valence-electron chi connectivity index (χ3n) is 4.64. The zero-order chi connectivity index (χ0) is 19.4. The average molecular weight is 373 g/mol. The van der Waals surface area contributed by atoms with E-state index in [0.29, 0.717) is 30.5 Å². The van der Waals surface area contributed by atoms with Crippen molar-refractivity contribution in [3.8, 4) is 0 Å². The first-order chi connectivity index (χ1) is 12.2. The molecule has 1 aromatic rings. The van der Waals surface area contributed by atoms with E-state index in [9.17, 15) is 27.9 Å². The SMILES string of the molecule is COCC1(C(=O)O)CCCN(C(=O)c2ccc(CCC(F)(F)F)cc2)C1. The number of aliphatic carboxylic acids is 1. The zero-order valence-corrected chi connectivity index (χ0v) is 14.5. The third kappa shape index (κ3) is 4.97. The van der Waals surface area contributed by atoms with Gasteiger partial charge in [0, 0.05) is 32.2 Å². The molecule has 144 valence electrons. The van der Waals surface area contributed by atoms with Crippen LogP contribution in [0.15, 0.2) is 24.3 Å². The monoisotopic (exact) mass is 373 g/mol. The number of amides is 1. The summed E-state index contributed by atoms with van der Waals surface area (Å²) in [6, 6.07) is 5.98. The van der Waals surface area contributed by atoms with Crippen LogP contribution in [0.2, 0.25) is 0 Å². The molecule has 1 fully saturated rings. The maximum Gasteiger partial charge on any atom is 0.389 e. The largest absolute Gasteiger partial charge is 0.481 e. The molecule has 1 saturated heterocycles. The van der Waals surface area contributed by atoms with E-state index in [1.54, 1.807) is 0 Å². The predicted octanol–water partition coefficient (Wildman–Crippen LogP) is 3.13. The first-order valence-corrected chi connectivity index (χ1v) is 8.34. The maximum atomic E-state index is 12.7. The number of rotatable bonds is 6. The summed E-state index contributed by atoms with van der Waals surface area (Å²) in [6.07, 6.45) is -4.30. The second-order valence-corrected chi connectivity index (χ2v) is 6.66. The van der Waals surface area contributed by atoms with Gasteiger partial charge in [-0.1, -0.05) is 12.1 Å². The van der Waals surface area contributed by atoms with Crippen LogP contribution in [0.4, 0.5) is 13.2 Å². The predicted molar refractivity (Wildman–Crippen MR) is 87.9 cm³/mol. The number of benzene rings is 1.